The van der Waals surface area contributed by atoms with E-state index in [1.807, 2.05) is 0 Å². The van der Waals surface area contributed by atoms with E-state index in [0.717, 1.165) is 0 Å². The second-order valence-electron chi connectivity index (χ2n) is 4.53. The number of halogens is 1. The molecule has 0 saturated heterocycles. The largest absolute Gasteiger partial charge is 0.494 e. The first kappa shape index (κ1) is 14.0. The van der Waals surface area contributed by atoms with Crippen molar-refractivity contribution >= 4 is 5.91 Å². The van der Waals surface area contributed by atoms with Crippen LogP contribution >= 0.6 is 0 Å². The van der Waals surface area contributed by atoms with Crippen molar-refractivity contribution < 1.29 is 13.9 Å². The number of nitriles is 1. The zero-order chi connectivity index (χ0) is 13.8. The van der Waals surface area contributed by atoms with Crippen LogP contribution in [-0.2, 0) is 0 Å². The van der Waals surface area contributed by atoms with Gasteiger partial charge in [0.15, 0.2) is 11.6 Å². The monoisotopic (exact) mass is 250 g/mol. The maximum atomic E-state index is 13.2. The highest BCUT2D eigenvalue weighted by Crippen LogP contribution is 2.18. The van der Waals surface area contributed by atoms with Gasteiger partial charge in [0.2, 0.25) is 0 Å². The van der Waals surface area contributed by atoms with E-state index in [1.54, 1.807) is 13.8 Å². The van der Waals surface area contributed by atoms with Crippen LogP contribution in [0.25, 0.3) is 0 Å². The average Bonchev–Trinajstić information content (AvgIpc) is 2.36. The number of nitrogens with zero attached hydrogens (tertiary/aromatic N) is 1. The standard InChI is InChI=1S/C13H15FN2O2/c1-13(2,7-15)8-16-12(17)9-4-5-10(14)11(6-9)18-3/h4-6H,8H2,1-3H3,(H,16,17). The minimum atomic E-state index is -0.639. The minimum Gasteiger partial charge on any atom is -0.494 e. The Balaban J connectivity index is 2.77. The Morgan fingerprint density at radius 1 is 1.56 bits per heavy atom. The van der Waals surface area contributed by atoms with Crippen molar-refractivity contribution in [2.45, 2.75) is 13.8 Å². The molecule has 96 valence electrons. The lowest BCUT2D eigenvalue weighted by Crippen LogP contribution is -2.33. The number of amides is 1. The summed E-state index contributed by atoms with van der Waals surface area (Å²) in [7, 11) is 1.33. The number of methoxy groups -OCH3 is 1. The number of carbonyl (C=O) groups is 1. The predicted molar refractivity (Wildman–Crippen MR) is 64.7 cm³/mol. The zero-order valence-electron chi connectivity index (χ0n) is 10.6. The lowest BCUT2D eigenvalue weighted by molar-refractivity contribution is 0.0943. The van der Waals surface area contributed by atoms with E-state index in [9.17, 15) is 9.18 Å². The number of benzene rings is 1. The van der Waals surface area contributed by atoms with Crippen LogP contribution in [0.5, 0.6) is 5.75 Å². The second kappa shape index (κ2) is 5.50. The zero-order valence-corrected chi connectivity index (χ0v) is 10.6. The van der Waals surface area contributed by atoms with Gasteiger partial charge < -0.3 is 10.1 Å². The summed E-state index contributed by atoms with van der Waals surface area (Å²) in [5, 5.41) is 11.4. The molecule has 1 N–H and O–H groups in total. The van der Waals surface area contributed by atoms with Gasteiger partial charge in [0.25, 0.3) is 5.91 Å². The van der Waals surface area contributed by atoms with Crippen LogP contribution < -0.4 is 10.1 Å². The van der Waals surface area contributed by atoms with Gasteiger partial charge in [0.1, 0.15) is 0 Å². The smallest absolute Gasteiger partial charge is 0.251 e. The van der Waals surface area contributed by atoms with Crippen molar-refractivity contribution in [1.82, 2.24) is 5.32 Å². The molecular weight excluding hydrogens is 235 g/mol. The molecule has 0 aliphatic heterocycles. The molecule has 1 rings (SSSR count). The first-order valence-electron chi connectivity index (χ1n) is 5.42. The van der Waals surface area contributed by atoms with Gasteiger partial charge in [-0.15, -0.1) is 0 Å². The molecule has 1 amide bonds. The summed E-state index contributed by atoms with van der Waals surface area (Å²) in [5.74, 6) is -0.870. The van der Waals surface area contributed by atoms with Crippen LogP contribution in [0, 0.1) is 22.6 Å². The number of hydrogen-bond donors (Lipinski definition) is 1. The molecule has 0 radical (unpaired) electrons. The fraction of sp³-hybridized carbons (Fsp3) is 0.385. The first-order chi connectivity index (χ1) is 8.39. The first-order valence-corrected chi connectivity index (χ1v) is 5.42. The lowest BCUT2D eigenvalue weighted by atomic mass is 9.96. The van der Waals surface area contributed by atoms with Crippen molar-refractivity contribution in [2.24, 2.45) is 5.41 Å². The molecule has 0 fully saturated rings. The molecular formula is C13H15FN2O2. The predicted octanol–water partition coefficient (Wildman–Crippen LogP) is 2.11. The summed E-state index contributed by atoms with van der Waals surface area (Å²) in [6.07, 6.45) is 0. The number of rotatable bonds is 4. The third kappa shape index (κ3) is 3.45. The molecule has 1 aromatic rings. The molecule has 0 saturated carbocycles. The van der Waals surface area contributed by atoms with Gasteiger partial charge in [-0.25, -0.2) is 4.39 Å². The molecule has 0 aliphatic rings. The van der Waals surface area contributed by atoms with Crippen LogP contribution in [0.15, 0.2) is 18.2 Å². The number of nitrogens with one attached hydrogen (secondary N) is 1. The Labute approximate surface area is 105 Å². The fourth-order valence-electron chi connectivity index (χ4n) is 1.24. The highest BCUT2D eigenvalue weighted by atomic mass is 19.1. The van der Waals surface area contributed by atoms with Crippen LogP contribution in [0.2, 0.25) is 0 Å². The molecule has 5 heteroatoms. The topological polar surface area (TPSA) is 62.1 Å². The summed E-state index contributed by atoms with van der Waals surface area (Å²) >= 11 is 0. The van der Waals surface area contributed by atoms with E-state index >= 15 is 0 Å². The van der Waals surface area contributed by atoms with E-state index in [0.29, 0.717) is 5.56 Å². The molecule has 0 heterocycles. The van der Waals surface area contributed by atoms with Gasteiger partial charge in [0.05, 0.1) is 18.6 Å². The Morgan fingerprint density at radius 2 is 2.22 bits per heavy atom. The van der Waals surface area contributed by atoms with Crippen molar-refractivity contribution in [3.05, 3.63) is 29.6 Å². The normalized spacial score (nSPS) is 10.6. The third-order valence-electron chi connectivity index (χ3n) is 2.41. The van der Waals surface area contributed by atoms with Crippen molar-refractivity contribution in [3.8, 4) is 11.8 Å². The van der Waals surface area contributed by atoms with Crippen LogP contribution in [0.1, 0.15) is 24.2 Å². The molecule has 4 nitrogen and oxygen atoms in total. The van der Waals surface area contributed by atoms with Gasteiger partial charge in [-0.1, -0.05) is 0 Å². The van der Waals surface area contributed by atoms with E-state index in [4.69, 9.17) is 10.00 Å². The quantitative estimate of drug-likeness (QED) is 0.890. The average molecular weight is 250 g/mol. The van der Waals surface area contributed by atoms with Crippen LogP contribution in [-0.4, -0.2) is 19.6 Å². The van der Waals surface area contributed by atoms with E-state index < -0.39 is 11.2 Å². The van der Waals surface area contributed by atoms with E-state index in [-0.39, 0.29) is 18.2 Å². The third-order valence-corrected chi connectivity index (χ3v) is 2.41. The van der Waals surface area contributed by atoms with Gasteiger partial charge in [-0.2, -0.15) is 5.26 Å². The Hall–Kier alpha value is -2.09. The van der Waals surface area contributed by atoms with Crippen LogP contribution in [0.3, 0.4) is 0 Å². The summed E-state index contributed by atoms with van der Waals surface area (Å²) in [4.78, 5) is 11.8. The van der Waals surface area contributed by atoms with Crippen LogP contribution in [0.4, 0.5) is 4.39 Å². The summed E-state index contributed by atoms with van der Waals surface area (Å²) in [5.41, 5.74) is -0.346. The minimum absolute atomic E-state index is 0.0159. The van der Waals surface area contributed by atoms with Crippen molar-refractivity contribution in [1.29, 1.82) is 5.26 Å². The second-order valence-corrected chi connectivity index (χ2v) is 4.53. The number of carbonyl (C=O) groups excluding carboxylic acids is 1. The summed E-state index contributed by atoms with van der Waals surface area (Å²) < 4.78 is 18.0. The summed E-state index contributed by atoms with van der Waals surface area (Å²) in [6, 6.07) is 5.94. The van der Waals surface area contributed by atoms with Crippen molar-refractivity contribution in [3.63, 3.8) is 0 Å². The number of ether oxygens (including phenoxy) is 1. The van der Waals surface area contributed by atoms with Gasteiger partial charge in [-0.3, -0.25) is 4.79 Å². The summed E-state index contributed by atoms with van der Waals surface area (Å²) in [6.45, 7) is 3.67. The van der Waals surface area contributed by atoms with E-state index in [2.05, 4.69) is 11.4 Å². The molecule has 18 heavy (non-hydrogen) atoms. The highest BCUT2D eigenvalue weighted by molar-refractivity contribution is 5.94. The molecule has 0 aromatic heterocycles. The van der Waals surface area contributed by atoms with Crippen molar-refractivity contribution in [2.75, 3.05) is 13.7 Å². The Bertz CT molecular complexity index is 492. The van der Waals surface area contributed by atoms with Gasteiger partial charge in [-0.05, 0) is 32.0 Å². The molecule has 0 aliphatic carbocycles. The van der Waals surface area contributed by atoms with Gasteiger partial charge in [0, 0.05) is 12.1 Å². The lowest BCUT2D eigenvalue weighted by Gasteiger charge is -2.16. The molecule has 0 spiro atoms. The molecule has 0 atom stereocenters. The SMILES string of the molecule is COc1cc(C(=O)NCC(C)(C)C#N)ccc1F. The maximum Gasteiger partial charge on any atom is 0.251 e. The molecule has 0 bridgehead atoms. The fourth-order valence-corrected chi connectivity index (χ4v) is 1.24. The molecule has 1 aromatic carbocycles. The van der Waals surface area contributed by atoms with E-state index in [1.165, 1.54) is 25.3 Å². The molecule has 0 unspecified atom stereocenters. The maximum absolute atomic E-state index is 13.2. The highest BCUT2D eigenvalue weighted by Gasteiger charge is 2.18. The Morgan fingerprint density at radius 3 is 2.78 bits per heavy atom. The Kier molecular flexibility index (Phi) is 4.27. The van der Waals surface area contributed by atoms with Gasteiger partial charge >= 0.3 is 0 Å². The number of hydrogen-bond acceptors (Lipinski definition) is 3.